The first-order chi connectivity index (χ1) is 23.6. The average molecular weight is 638 g/mol. The van der Waals surface area contributed by atoms with Gasteiger partial charge in [0.2, 0.25) is 0 Å². The molecule has 0 spiro atoms. The van der Waals surface area contributed by atoms with E-state index in [2.05, 4.69) is 70.3 Å². The number of aromatic amines is 1. The quantitative estimate of drug-likeness (QED) is 0.202. The van der Waals surface area contributed by atoms with Crippen LogP contribution in [-0.2, 0) is 6.54 Å². The number of ether oxygens (including phenoxy) is 1. The van der Waals surface area contributed by atoms with Crippen LogP contribution in [0.1, 0.15) is 77.9 Å². The van der Waals surface area contributed by atoms with Gasteiger partial charge in [-0.3, -0.25) is 9.69 Å². The maximum Gasteiger partial charge on any atom is 0.262 e. The zero-order chi connectivity index (χ0) is 32.2. The van der Waals surface area contributed by atoms with Crippen molar-refractivity contribution in [2.75, 3.05) is 31.1 Å². The standard InChI is InChI=1S/C41H43N5O2/c1-26-33(6-3-7-37(26)46-18-19-48-38-20-32(30-14-15-30)16-17-34(38)41(46)47)39-35-21-36(44-40(35)43-25-42-39)31-12-10-29(11-13-31)24-45-22-27-4-2-5-28(23-45)9-8-27/h3,6-7,10-13,16-17,20-21,25,27-28,30H,2,4-5,8-9,14-15,18-19,22-24H2,1H3,(H,42,43,44). The van der Waals surface area contributed by atoms with Gasteiger partial charge in [0, 0.05) is 42.0 Å². The van der Waals surface area contributed by atoms with Gasteiger partial charge < -0.3 is 14.6 Å². The summed E-state index contributed by atoms with van der Waals surface area (Å²) in [4.78, 5) is 31.4. The molecular formula is C41H43N5O2. The van der Waals surface area contributed by atoms with E-state index in [9.17, 15) is 4.79 Å². The first-order valence-electron chi connectivity index (χ1n) is 17.9. The van der Waals surface area contributed by atoms with Gasteiger partial charge in [-0.15, -0.1) is 0 Å². The SMILES string of the molecule is Cc1c(-c2ncnc3[nH]c(-c4ccc(CN5CC6CCCC(CC6)C5)cc4)cc23)cccc1N1CCOc2cc(C3CC3)ccc2C1=O. The fraction of sp³-hybridized carbons (Fsp3) is 0.390. The Morgan fingerprint density at radius 2 is 1.69 bits per heavy atom. The number of carbonyl (C=O) groups is 1. The molecule has 2 bridgehead atoms. The predicted octanol–water partition coefficient (Wildman–Crippen LogP) is 8.53. The fourth-order valence-corrected chi connectivity index (χ4v) is 8.51. The molecule has 7 heteroatoms. The molecule has 2 aliphatic heterocycles. The summed E-state index contributed by atoms with van der Waals surface area (Å²) in [7, 11) is 0. The Balaban J connectivity index is 0.983. The van der Waals surface area contributed by atoms with E-state index in [4.69, 9.17) is 9.72 Å². The van der Waals surface area contributed by atoms with Crippen LogP contribution in [0.4, 0.5) is 5.69 Å². The summed E-state index contributed by atoms with van der Waals surface area (Å²) in [6, 6.07) is 23.5. The third-order valence-electron chi connectivity index (χ3n) is 11.3. The van der Waals surface area contributed by atoms with Crippen molar-refractivity contribution < 1.29 is 9.53 Å². The summed E-state index contributed by atoms with van der Waals surface area (Å²) in [5, 5.41) is 0.969. The molecule has 2 atom stereocenters. The molecule has 1 amide bonds. The summed E-state index contributed by atoms with van der Waals surface area (Å²) >= 11 is 0. The summed E-state index contributed by atoms with van der Waals surface area (Å²) in [5.41, 5.74) is 9.99. The number of H-pyrrole nitrogens is 1. The molecule has 1 N–H and O–H groups in total. The monoisotopic (exact) mass is 637 g/mol. The average Bonchev–Trinajstić information content (AvgIpc) is 3.93. The zero-order valence-electron chi connectivity index (χ0n) is 27.8. The van der Waals surface area contributed by atoms with Gasteiger partial charge >= 0.3 is 0 Å². The van der Waals surface area contributed by atoms with Crippen LogP contribution in [0.15, 0.2) is 73.1 Å². The maximum absolute atomic E-state index is 13.9. The lowest BCUT2D eigenvalue weighted by atomic mass is 9.99. The second-order valence-electron chi connectivity index (χ2n) is 14.6. The second-order valence-corrected chi connectivity index (χ2v) is 14.6. The largest absolute Gasteiger partial charge is 0.491 e. The summed E-state index contributed by atoms with van der Waals surface area (Å²) in [6.45, 7) is 6.54. The number of likely N-dealkylation sites (tertiary alicyclic amines) is 1. The van der Waals surface area contributed by atoms with Gasteiger partial charge in [-0.05, 0) is 110 Å². The van der Waals surface area contributed by atoms with Crippen LogP contribution < -0.4 is 9.64 Å². The molecule has 2 saturated carbocycles. The third kappa shape index (κ3) is 5.58. The van der Waals surface area contributed by atoms with Crippen molar-refractivity contribution in [3.8, 4) is 28.3 Å². The molecule has 2 unspecified atom stereocenters. The number of nitrogens with one attached hydrogen (secondary N) is 1. The van der Waals surface area contributed by atoms with Gasteiger partial charge in [0.15, 0.2) is 0 Å². The molecule has 3 aromatic carbocycles. The van der Waals surface area contributed by atoms with E-state index in [0.717, 1.165) is 63.2 Å². The number of amides is 1. The van der Waals surface area contributed by atoms with Gasteiger partial charge in [-0.1, -0.05) is 48.9 Å². The van der Waals surface area contributed by atoms with Crippen molar-refractivity contribution in [1.82, 2.24) is 19.9 Å². The van der Waals surface area contributed by atoms with E-state index in [1.54, 1.807) is 6.33 Å². The van der Waals surface area contributed by atoms with Gasteiger partial charge in [0.05, 0.1) is 17.8 Å². The summed E-state index contributed by atoms with van der Waals surface area (Å²) in [5.74, 6) is 3.04. The number of benzene rings is 3. The first kappa shape index (κ1) is 29.6. The Hall–Kier alpha value is -4.49. The maximum atomic E-state index is 13.9. The van der Waals surface area contributed by atoms with E-state index in [-0.39, 0.29) is 5.91 Å². The molecule has 5 aromatic rings. The van der Waals surface area contributed by atoms with Crippen molar-refractivity contribution in [2.24, 2.45) is 11.8 Å². The van der Waals surface area contributed by atoms with Crippen LogP contribution in [0.3, 0.4) is 0 Å². The van der Waals surface area contributed by atoms with Gasteiger partial charge in [-0.2, -0.15) is 0 Å². The Bertz CT molecular complexity index is 1980. The van der Waals surface area contributed by atoms with Crippen LogP contribution in [0.5, 0.6) is 5.75 Å². The lowest BCUT2D eigenvalue weighted by Gasteiger charge is -2.28. The van der Waals surface area contributed by atoms with E-state index >= 15 is 0 Å². The highest BCUT2D eigenvalue weighted by Gasteiger charge is 2.30. The predicted molar refractivity (Wildman–Crippen MR) is 190 cm³/mol. The Morgan fingerprint density at radius 3 is 2.48 bits per heavy atom. The van der Waals surface area contributed by atoms with Gasteiger partial charge in [0.25, 0.3) is 5.91 Å². The zero-order valence-corrected chi connectivity index (χ0v) is 27.8. The number of anilines is 1. The molecule has 9 rings (SSSR count). The molecule has 2 aliphatic carbocycles. The van der Waals surface area contributed by atoms with Crippen molar-refractivity contribution >= 4 is 22.6 Å². The minimum absolute atomic E-state index is 0.0241. The van der Waals surface area contributed by atoms with Crippen LogP contribution >= 0.6 is 0 Å². The van der Waals surface area contributed by atoms with Crippen molar-refractivity contribution in [2.45, 2.75) is 64.3 Å². The summed E-state index contributed by atoms with van der Waals surface area (Å²) in [6.07, 6.45) is 11.1. The van der Waals surface area contributed by atoms with Crippen LogP contribution in [-0.4, -0.2) is 52.0 Å². The van der Waals surface area contributed by atoms with E-state index in [1.807, 2.05) is 23.1 Å². The molecule has 4 aliphatic rings. The molecule has 1 saturated heterocycles. The van der Waals surface area contributed by atoms with Crippen LogP contribution in [0.25, 0.3) is 33.5 Å². The number of nitrogens with zero attached hydrogens (tertiary/aromatic N) is 4. The molecule has 244 valence electrons. The van der Waals surface area contributed by atoms with Crippen molar-refractivity contribution in [3.05, 3.63) is 95.3 Å². The number of hydrogen-bond acceptors (Lipinski definition) is 5. The molecular weight excluding hydrogens is 594 g/mol. The highest BCUT2D eigenvalue weighted by atomic mass is 16.5. The van der Waals surface area contributed by atoms with Gasteiger partial charge in [0.1, 0.15) is 24.3 Å². The van der Waals surface area contributed by atoms with E-state index in [1.165, 1.54) is 69.2 Å². The first-order valence-corrected chi connectivity index (χ1v) is 17.9. The fourth-order valence-electron chi connectivity index (χ4n) is 8.51. The number of rotatable bonds is 6. The molecule has 3 fully saturated rings. The molecule has 0 radical (unpaired) electrons. The van der Waals surface area contributed by atoms with Crippen molar-refractivity contribution in [1.29, 1.82) is 0 Å². The topological polar surface area (TPSA) is 74.3 Å². The summed E-state index contributed by atoms with van der Waals surface area (Å²) < 4.78 is 6.12. The highest BCUT2D eigenvalue weighted by molar-refractivity contribution is 6.09. The number of hydrogen-bond donors (Lipinski definition) is 1. The Kier molecular flexibility index (Phi) is 7.53. The molecule has 48 heavy (non-hydrogen) atoms. The second kappa shape index (κ2) is 12.2. The van der Waals surface area contributed by atoms with Gasteiger partial charge in [-0.25, -0.2) is 9.97 Å². The van der Waals surface area contributed by atoms with E-state index < -0.39 is 0 Å². The lowest BCUT2D eigenvalue weighted by Crippen LogP contribution is -2.33. The minimum atomic E-state index is -0.0241. The van der Waals surface area contributed by atoms with Crippen LogP contribution in [0, 0.1) is 18.8 Å². The van der Waals surface area contributed by atoms with Crippen LogP contribution in [0.2, 0.25) is 0 Å². The molecule has 7 nitrogen and oxygen atoms in total. The number of fused-ring (bicyclic) bond motifs is 5. The normalized spacial score (nSPS) is 21.4. The minimum Gasteiger partial charge on any atom is -0.491 e. The molecule has 2 aromatic heterocycles. The Labute approximate surface area is 282 Å². The van der Waals surface area contributed by atoms with E-state index in [0.29, 0.717) is 30.4 Å². The Morgan fingerprint density at radius 1 is 0.875 bits per heavy atom. The third-order valence-corrected chi connectivity index (χ3v) is 11.3. The molecule has 4 heterocycles. The number of carbonyl (C=O) groups excluding carboxylic acids is 1. The number of aromatic nitrogens is 3. The van der Waals surface area contributed by atoms with Crippen molar-refractivity contribution in [3.63, 3.8) is 0 Å². The smallest absolute Gasteiger partial charge is 0.262 e. The lowest BCUT2D eigenvalue weighted by molar-refractivity contribution is 0.0989. The highest BCUT2D eigenvalue weighted by Crippen LogP contribution is 2.43.